The van der Waals surface area contributed by atoms with E-state index < -0.39 is 90.3 Å². The zero-order valence-corrected chi connectivity index (χ0v) is 34.0. The summed E-state index contributed by atoms with van der Waals surface area (Å²) in [5.74, 6) is 0.158. The van der Waals surface area contributed by atoms with Gasteiger partial charge in [-0.1, -0.05) is 55.4 Å². The molecule has 0 saturated carbocycles. The van der Waals surface area contributed by atoms with Crippen molar-refractivity contribution >= 4 is 38.6 Å². The van der Waals surface area contributed by atoms with Gasteiger partial charge in [-0.2, -0.15) is 9.97 Å². The lowest BCUT2D eigenvalue weighted by atomic mass is 10.1. The summed E-state index contributed by atoms with van der Waals surface area (Å²) in [7, 11) is -6.90. The molecule has 2 aliphatic rings. The molecule has 0 amide bonds. The molecule has 17 nitrogen and oxygen atoms in total. The van der Waals surface area contributed by atoms with Crippen molar-refractivity contribution in [2.45, 2.75) is 129 Å². The third-order valence-electron chi connectivity index (χ3n) is 9.87. The Morgan fingerprint density at radius 3 is 1.19 bits per heavy atom. The van der Waals surface area contributed by atoms with E-state index in [0.29, 0.717) is 34.5 Å². The van der Waals surface area contributed by atoms with Crippen LogP contribution in [0.3, 0.4) is 0 Å². The van der Waals surface area contributed by atoms with Crippen molar-refractivity contribution in [3.05, 3.63) is 33.4 Å². The zero-order valence-electron chi connectivity index (χ0n) is 32.0. The van der Waals surface area contributed by atoms with E-state index in [1.165, 1.54) is 12.4 Å². The Labute approximate surface area is 311 Å². The van der Waals surface area contributed by atoms with Crippen LogP contribution in [0.5, 0.6) is 0 Å². The van der Waals surface area contributed by atoms with Gasteiger partial charge in [0, 0.05) is 22.8 Å². The van der Waals surface area contributed by atoms with Crippen LogP contribution in [0.2, 0.25) is 24.2 Å². The van der Waals surface area contributed by atoms with E-state index >= 15 is 0 Å². The van der Waals surface area contributed by atoms with Gasteiger partial charge < -0.3 is 55.7 Å². The van der Waals surface area contributed by atoms with Gasteiger partial charge in [-0.25, -0.2) is 9.59 Å². The predicted octanol–water partition coefficient (Wildman–Crippen LogP) is -1.17. The number of nitrogens with two attached hydrogens (primary N) is 2. The van der Waals surface area contributed by atoms with E-state index in [1.807, 2.05) is 0 Å². The summed E-state index contributed by atoms with van der Waals surface area (Å²) in [5, 5.41) is 63.5. The number of aliphatic hydroxyl groups is 6. The van der Waals surface area contributed by atoms with Gasteiger partial charge in [0.15, 0.2) is 12.5 Å². The number of hydrogen-bond acceptors (Lipinski definition) is 15. The third kappa shape index (κ3) is 8.96. The van der Waals surface area contributed by atoms with Crippen LogP contribution in [0.4, 0.5) is 11.6 Å². The molecule has 8 atom stereocenters. The van der Waals surface area contributed by atoms with E-state index in [1.54, 1.807) is 0 Å². The van der Waals surface area contributed by atoms with Crippen LogP contribution >= 0.6 is 0 Å². The summed E-state index contributed by atoms with van der Waals surface area (Å²) >= 11 is 0. The van der Waals surface area contributed by atoms with Gasteiger partial charge >= 0.3 is 11.4 Å². The summed E-state index contributed by atoms with van der Waals surface area (Å²) in [5.41, 5.74) is 11.8. The first-order valence-corrected chi connectivity index (χ1v) is 23.1. The van der Waals surface area contributed by atoms with E-state index in [-0.39, 0.29) is 35.3 Å². The summed E-state index contributed by atoms with van der Waals surface area (Å²) in [6.07, 6.45) is -7.95. The van der Waals surface area contributed by atoms with Gasteiger partial charge in [0.25, 0.3) is 0 Å². The quantitative estimate of drug-likeness (QED) is 0.0933. The van der Waals surface area contributed by atoms with Crippen LogP contribution in [-0.4, -0.2) is 116 Å². The molecule has 2 aliphatic heterocycles. The molecule has 2 aromatic heterocycles. The van der Waals surface area contributed by atoms with Crippen LogP contribution < -0.4 is 33.2 Å². The van der Waals surface area contributed by atoms with Crippen LogP contribution in [0.25, 0.3) is 0 Å². The van der Waals surface area contributed by atoms with Crippen LogP contribution in [0.15, 0.2) is 22.0 Å². The van der Waals surface area contributed by atoms with Crippen LogP contribution in [-0.2, 0) is 13.6 Å². The molecule has 10 N–H and O–H groups in total. The van der Waals surface area contributed by atoms with Gasteiger partial charge in [-0.15, -0.1) is 0 Å². The minimum Gasteiger partial charge on any atom is -0.448 e. The molecule has 4 heterocycles. The molecule has 19 heteroatoms. The number of aliphatic hydroxyl groups excluding tert-OH is 6. The number of hydrogen-bond donors (Lipinski definition) is 8. The molecule has 2 fully saturated rings. The highest BCUT2D eigenvalue weighted by molar-refractivity contribution is 6.99. The normalized spacial score (nSPS) is 26.9. The number of ether oxygens (including phenoxy) is 2. The zero-order chi connectivity index (χ0) is 39.7. The fourth-order valence-electron chi connectivity index (χ4n) is 8.14. The second-order valence-corrected chi connectivity index (χ2v) is 23.9. The Balaban J connectivity index is 2.05. The summed E-state index contributed by atoms with van der Waals surface area (Å²) < 4.78 is 21.6. The number of aromatic nitrogens is 4. The molecule has 2 saturated heterocycles. The highest BCUT2D eigenvalue weighted by Crippen LogP contribution is 2.38. The van der Waals surface area contributed by atoms with E-state index in [2.05, 4.69) is 65.4 Å². The van der Waals surface area contributed by atoms with Crippen molar-refractivity contribution in [2.24, 2.45) is 23.7 Å². The summed E-state index contributed by atoms with van der Waals surface area (Å²) in [4.78, 5) is 35.3. The summed E-state index contributed by atoms with van der Waals surface area (Å²) in [6, 6.07) is 2.10. The number of nitrogen functional groups attached to an aromatic ring is 2. The Morgan fingerprint density at radius 2 is 0.943 bits per heavy atom. The van der Waals surface area contributed by atoms with Crippen LogP contribution in [0, 0.1) is 23.7 Å². The predicted molar refractivity (Wildman–Crippen MR) is 202 cm³/mol. The molecule has 53 heavy (non-hydrogen) atoms. The van der Waals surface area contributed by atoms with Gasteiger partial charge in [0.1, 0.15) is 48.3 Å². The molecule has 0 aliphatic carbocycles. The first-order valence-electron chi connectivity index (χ1n) is 18.4. The molecule has 2 unspecified atom stereocenters. The molecule has 0 spiro atoms. The minimum absolute atomic E-state index is 0.0365. The van der Waals surface area contributed by atoms with Crippen molar-refractivity contribution in [2.75, 3.05) is 24.7 Å². The van der Waals surface area contributed by atoms with Crippen molar-refractivity contribution in [1.29, 1.82) is 0 Å². The molecule has 0 bridgehead atoms. The molecule has 2 aromatic rings. The molecular weight excluding hydrogens is 725 g/mol. The first kappa shape index (κ1) is 43.2. The topological polar surface area (TPSA) is 271 Å². The van der Waals surface area contributed by atoms with Gasteiger partial charge in [-0.05, 0) is 47.8 Å². The molecule has 0 radical (unpaired) electrons. The fraction of sp³-hybridized carbons (Fsp3) is 0.765. The van der Waals surface area contributed by atoms with Crippen LogP contribution in [0.1, 0.15) is 67.8 Å². The Morgan fingerprint density at radius 1 is 0.642 bits per heavy atom. The SMILES string of the molecule is CC(C)C[Si](CC(C)C)(O[Si](CC(C)C)(CC(C)C)c1cn(C2O[C@H](CO)[C@@H](O)[C@H]2O)c(=O)nc1N)c1cn(C2O[C@H](CO)[C@@H](O)[C@H]2O)c(=O)nc1N. The minimum atomic E-state index is -3.45. The lowest BCUT2D eigenvalue weighted by Gasteiger charge is -2.46. The van der Waals surface area contributed by atoms with Gasteiger partial charge in [-0.3, -0.25) is 9.13 Å². The lowest BCUT2D eigenvalue weighted by molar-refractivity contribution is -0.0548. The van der Waals surface area contributed by atoms with Crippen molar-refractivity contribution in [3.63, 3.8) is 0 Å². The number of nitrogens with zero attached hydrogens (tertiary/aromatic N) is 4. The number of rotatable bonds is 16. The summed E-state index contributed by atoms with van der Waals surface area (Å²) in [6.45, 7) is 15.3. The lowest BCUT2D eigenvalue weighted by Crippen LogP contribution is -2.66. The maximum Gasteiger partial charge on any atom is 0.351 e. The number of anilines is 2. The monoisotopic (exact) mass is 784 g/mol. The van der Waals surface area contributed by atoms with Gasteiger partial charge in [0.2, 0.25) is 16.6 Å². The maximum absolute atomic E-state index is 13.4. The molecule has 300 valence electrons. The molecule has 4 rings (SSSR count). The first-order chi connectivity index (χ1) is 24.7. The second kappa shape index (κ2) is 17.1. The van der Waals surface area contributed by atoms with Crippen molar-refractivity contribution < 1.29 is 44.2 Å². The highest BCUT2D eigenvalue weighted by Gasteiger charge is 2.53. The van der Waals surface area contributed by atoms with E-state index in [4.69, 9.17) is 25.1 Å². The average Bonchev–Trinajstić information content (AvgIpc) is 3.48. The maximum atomic E-state index is 13.4. The van der Waals surface area contributed by atoms with E-state index in [9.17, 15) is 40.2 Å². The third-order valence-corrected chi connectivity index (χ3v) is 21.6. The smallest absolute Gasteiger partial charge is 0.351 e. The van der Waals surface area contributed by atoms with Crippen molar-refractivity contribution in [3.8, 4) is 0 Å². The Hall–Kier alpha value is -2.57. The van der Waals surface area contributed by atoms with Gasteiger partial charge in [0.05, 0.1) is 13.2 Å². The van der Waals surface area contributed by atoms with E-state index in [0.717, 1.165) is 9.13 Å². The Kier molecular flexibility index (Phi) is 13.9. The second-order valence-electron chi connectivity index (χ2n) is 16.4. The Bertz CT molecular complexity index is 1530. The standard InChI is InChI=1S/C34H60N6O11Si2/c1-17(2)13-52(14-18(3)4,23-9-39(33(47)37-29(23)35)31-27(45)25(43)21(11-41)49-31)51-53(15-19(5)6,16-20(7)8)24-10-40(34(48)38-30(24)36)32-28(46)26(44)22(12-42)50-32/h9-10,17-22,25-28,31-32,41-46H,11-16H2,1-8H3,(H2,35,37,47)(H2,36,38,48)/t21-,22-,25-,26-,27-,28-,31?,32?/m1/s1. The molecule has 0 aromatic carbocycles. The largest absolute Gasteiger partial charge is 0.448 e. The fourth-order valence-corrected chi connectivity index (χ4v) is 21.6. The van der Waals surface area contributed by atoms with Crippen molar-refractivity contribution in [1.82, 2.24) is 19.1 Å². The molecular formula is C34H60N6O11Si2. The highest BCUT2D eigenvalue weighted by atomic mass is 28.4. The average molecular weight is 785 g/mol.